The third kappa shape index (κ3) is 2.21. The molecule has 17 heavy (non-hydrogen) atoms. The normalized spacial score (nSPS) is 32.3. The van der Waals surface area contributed by atoms with Gasteiger partial charge in [0.15, 0.2) is 0 Å². The Morgan fingerprint density at radius 2 is 1.88 bits per heavy atom. The summed E-state index contributed by atoms with van der Waals surface area (Å²) in [4.78, 5) is 0. The summed E-state index contributed by atoms with van der Waals surface area (Å²) in [5.74, 6) is 2.61. The number of nitrogens with two attached hydrogens (primary N) is 1. The molecule has 0 bridgehead atoms. The maximum Gasteiger partial charge on any atom is 0.0595 e. The first-order valence-electron chi connectivity index (χ1n) is 6.36. The molecule has 0 spiro atoms. The smallest absolute Gasteiger partial charge is 0.0595 e. The van der Waals surface area contributed by atoms with Crippen molar-refractivity contribution in [1.82, 2.24) is 0 Å². The van der Waals surface area contributed by atoms with Crippen LogP contribution in [0, 0.1) is 17.8 Å². The zero-order valence-corrected chi connectivity index (χ0v) is 11.2. The molecular formula is C14H17Cl2N. The van der Waals surface area contributed by atoms with Crippen molar-refractivity contribution in [2.75, 3.05) is 0 Å². The first-order valence-corrected chi connectivity index (χ1v) is 7.12. The zero-order chi connectivity index (χ0) is 12.0. The predicted molar refractivity (Wildman–Crippen MR) is 72.5 cm³/mol. The first kappa shape index (κ1) is 11.8. The summed E-state index contributed by atoms with van der Waals surface area (Å²) in [5.41, 5.74) is 7.52. The van der Waals surface area contributed by atoms with Gasteiger partial charge in [0, 0.05) is 6.04 Å². The van der Waals surface area contributed by atoms with Crippen LogP contribution in [0.25, 0.3) is 0 Å². The molecule has 0 aliphatic heterocycles. The quantitative estimate of drug-likeness (QED) is 0.885. The molecule has 2 saturated carbocycles. The molecule has 2 aliphatic carbocycles. The summed E-state index contributed by atoms with van der Waals surface area (Å²) in [6.07, 6.45) is 5.12. The molecule has 3 rings (SSSR count). The molecule has 2 N–H and O–H groups in total. The highest BCUT2D eigenvalue weighted by atomic mass is 35.5. The van der Waals surface area contributed by atoms with Gasteiger partial charge in [-0.25, -0.2) is 0 Å². The fraction of sp³-hybridized carbons (Fsp3) is 0.571. The molecule has 3 atom stereocenters. The van der Waals surface area contributed by atoms with Gasteiger partial charge in [-0.3, -0.25) is 0 Å². The second-order valence-corrected chi connectivity index (χ2v) is 6.27. The highest BCUT2D eigenvalue weighted by molar-refractivity contribution is 6.42. The van der Waals surface area contributed by atoms with Crippen LogP contribution in [-0.4, -0.2) is 6.04 Å². The third-order valence-corrected chi connectivity index (χ3v) is 5.16. The predicted octanol–water partition coefficient (Wildman–Crippen LogP) is 3.91. The van der Waals surface area contributed by atoms with Crippen LogP contribution in [0.4, 0.5) is 0 Å². The van der Waals surface area contributed by atoms with Crippen LogP contribution in [0.15, 0.2) is 18.2 Å². The Morgan fingerprint density at radius 1 is 1.18 bits per heavy atom. The van der Waals surface area contributed by atoms with Crippen LogP contribution < -0.4 is 5.73 Å². The van der Waals surface area contributed by atoms with E-state index in [1.165, 1.54) is 24.8 Å². The summed E-state index contributed by atoms with van der Waals surface area (Å²) in [5, 5.41) is 1.25. The van der Waals surface area contributed by atoms with E-state index in [0.29, 0.717) is 16.1 Å². The SMILES string of the molecule is NC(Cc1ccc(Cl)c(Cl)c1)C1C2CCCC21. The summed E-state index contributed by atoms with van der Waals surface area (Å²) >= 11 is 11.9. The summed E-state index contributed by atoms with van der Waals surface area (Å²) < 4.78 is 0. The molecule has 1 aromatic rings. The highest BCUT2D eigenvalue weighted by Gasteiger charge is 2.54. The number of hydrogen-bond donors (Lipinski definition) is 1. The van der Waals surface area contributed by atoms with Gasteiger partial charge in [-0.15, -0.1) is 0 Å². The van der Waals surface area contributed by atoms with Gasteiger partial charge in [0.2, 0.25) is 0 Å². The number of benzene rings is 1. The highest BCUT2D eigenvalue weighted by Crippen LogP contribution is 2.58. The van der Waals surface area contributed by atoms with Crippen LogP contribution >= 0.6 is 23.2 Å². The van der Waals surface area contributed by atoms with E-state index < -0.39 is 0 Å². The molecule has 1 nitrogen and oxygen atoms in total. The second kappa shape index (κ2) is 4.46. The van der Waals surface area contributed by atoms with Gasteiger partial charge in [-0.2, -0.15) is 0 Å². The van der Waals surface area contributed by atoms with Gasteiger partial charge in [0.1, 0.15) is 0 Å². The maximum absolute atomic E-state index is 6.31. The van der Waals surface area contributed by atoms with Crippen LogP contribution in [0.5, 0.6) is 0 Å². The average molecular weight is 270 g/mol. The van der Waals surface area contributed by atoms with Crippen molar-refractivity contribution in [3.8, 4) is 0 Å². The Kier molecular flexibility index (Phi) is 3.10. The van der Waals surface area contributed by atoms with E-state index >= 15 is 0 Å². The summed E-state index contributed by atoms with van der Waals surface area (Å²) in [6.45, 7) is 0. The Hall–Kier alpha value is -0.240. The van der Waals surface area contributed by atoms with Crippen LogP contribution in [0.3, 0.4) is 0 Å². The van der Waals surface area contributed by atoms with Crippen molar-refractivity contribution in [2.45, 2.75) is 31.7 Å². The lowest BCUT2D eigenvalue weighted by Crippen LogP contribution is -2.27. The van der Waals surface area contributed by atoms with Gasteiger partial charge in [-0.05, 0) is 54.7 Å². The lowest BCUT2D eigenvalue weighted by molar-refractivity contribution is 0.484. The van der Waals surface area contributed by atoms with Crippen LogP contribution in [-0.2, 0) is 6.42 Å². The molecule has 0 amide bonds. The van der Waals surface area contributed by atoms with E-state index in [2.05, 4.69) is 0 Å². The zero-order valence-electron chi connectivity index (χ0n) is 9.70. The number of fused-ring (bicyclic) bond motifs is 1. The fourth-order valence-electron chi connectivity index (χ4n) is 3.59. The van der Waals surface area contributed by atoms with Crippen LogP contribution in [0.1, 0.15) is 24.8 Å². The molecule has 0 heterocycles. The van der Waals surface area contributed by atoms with Gasteiger partial charge in [0.05, 0.1) is 10.0 Å². The van der Waals surface area contributed by atoms with E-state index in [0.717, 1.165) is 24.2 Å². The van der Waals surface area contributed by atoms with Gasteiger partial charge in [0.25, 0.3) is 0 Å². The van der Waals surface area contributed by atoms with Gasteiger partial charge >= 0.3 is 0 Å². The largest absolute Gasteiger partial charge is 0.327 e. The first-order chi connectivity index (χ1) is 8.16. The Bertz CT molecular complexity index is 422. The Morgan fingerprint density at radius 3 is 2.53 bits per heavy atom. The summed E-state index contributed by atoms with van der Waals surface area (Å²) in [7, 11) is 0. The lowest BCUT2D eigenvalue weighted by atomic mass is 9.98. The van der Waals surface area contributed by atoms with E-state index in [4.69, 9.17) is 28.9 Å². The monoisotopic (exact) mass is 269 g/mol. The van der Waals surface area contributed by atoms with Crippen molar-refractivity contribution in [3.05, 3.63) is 33.8 Å². The van der Waals surface area contributed by atoms with Crippen molar-refractivity contribution in [3.63, 3.8) is 0 Å². The number of hydrogen-bond acceptors (Lipinski definition) is 1. The average Bonchev–Trinajstić information content (AvgIpc) is 2.78. The fourth-order valence-corrected chi connectivity index (χ4v) is 3.91. The third-order valence-electron chi connectivity index (χ3n) is 4.42. The minimum Gasteiger partial charge on any atom is -0.327 e. The van der Waals surface area contributed by atoms with Crippen molar-refractivity contribution in [1.29, 1.82) is 0 Å². The molecule has 92 valence electrons. The molecule has 3 unspecified atom stereocenters. The number of rotatable bonds is 3. The molecule has 2 aliphatic rings. The van der Waals surface area contributed by atoms with E-state index in [9.17, 15) is 0 Å². The van der Waals surface area contributed by atoms with E-state index in [1.807, 2.05) is 18.2 Å². The maximum atomic E-state index is 6.31. The topological polar surface area (TPSA) is 26.0 Å². The molecule has 3 heteroatoms. The van der Waals surface area contributed by atoms with E-state index in [-0.39, 0.29) is 0 Å². The van der Waals surface area contributed by atoms with Crippen molar-refractivity contribution >= 4 is 23.2 Å². The molecule has 0 aromatic heterocycles. The molecule has 2 fully saturated rings. The minimum atomic E-state index is 0.294. The van der Waals surface area contributed by atoms with Crippen molar-refractivity contribution < 1.29 is 0 Å². The molecule has 1 aromatic carbocycles. The van der Waals surface area contributed by atoms with Gasteiger partial charge in [-0.1, -0.05) is 35.7 Å². The molecule has 0 radical (unpaired) electrons. The lowest BCUT2D eigenvalue weighted by Gasteiger charge is -2.14. The standard InChI is InChI=1S/C14H17Cl2N/c15-11-5-4-8(6-12(11)16)7-13(17)14-9-2-1-3-10(9)14/h4-6,9-10,13-14H,1-3,7,17H2. The molecular weight excluding hydrogens is 253 g/mol. The van der Waals surface area contributed by atoms with Crippen molar-refractivity contribution in [2.24, 2.45) is 23.5 Å². The Balaban J connectivity index is 1.64. The number of halogens is 2. The van der Waals surface area contributed by atoms with Crippen LogP contribution in [0.2, 0.25) is 10.0 Å². The van der Waals surface area contributed by atoms with Gasteiger partial charge < -0.3 is 5.73 Å². The Labute approximate surface area is 112 Å². The molecule has 0 saturated heterocycles. The van der Waals surface area contributed by atoms with E-state index in [1.54, 1.807) is 0 Å². The second-order valence-electron chi connectivity index (χ2n) is 5.45. The summed E-state index contributed by atoms with van der Waals surface area (Å²) in [6, 6.07) is 6.14. The minimum absolute atomic E-state index is 0.294.